The molecule has 3 aliphatic rings. The second kappa shape index (κ2) is 8.41. The minimum Gasteiger partial charge on any atom is -0.390 e. The average molecular weight is 506 g/mol. The molecule has 3 rings (SSSR count). The van der Waals surface area contributed by atoms with Gasteiger partial charge in [-0.15, -0.1) is 0 Å². The number of amidine groups is 1. The minimum absolute atomic E-state index is 0.0896. The second-order valence-electron chi connectivity index (χ2n) is 7.06. The lowest BCUT2D eigenvalue weighted by atomic mass is 9.90. The molecule has 0 amide bonds. The molecule has 31 heavy (non-hydrogen) atoms. The van der Waals surface area contributed by atoms with Crippen molar-refractivity contribution in [3.05, 3.63) is 11.8 Å². The smallest absolute Gasteiger partial charge is 0.390 e. The van der Waals surface area contributed by atoms with Gasteiger partial charge in [0.15, 0.2) is 5.84 Å². The first-order valence-electron chi connectivity index (χ1n) is 8.61. The standard InChI is InChI=1S/C12H21N4O12P3/c1-12(10-3-2-7-11(13)14-6-15-16(7)10)4-8(17)9(26-12)5-25-30(21,22)28-31(23,24)27-29(18,19)20/h2,6,8-10,17H,3-5H2,1H3,(H,21,22)(H,23,24)(H2,13,14,15)(H2,18,19,20). The van der Waals surface area contributed by atoms with E-state index in [0.29, 0.717) is 12.1 Å². The van der Waals surface area contributed by atoms with E-state index in [-0.39, 0.29) is 18.3 Å². The summed E-state index contributed by atoms with van der Waals surface area (Å²) in [6.45, 7) is 0.945. The van der Waals surface area contributed by atoms with Crippen LogP contribution in [0.25, 0.3) is 0 Å². The van der Waals surface area contributed by atoms with E-state index >= 15 is 0 Å². The van der Waals surface area contributed by atoms with E-state index in [9.17, 15) is 23.7 Å². The summed E-state index contributed by atoms with van der Waals surface area (Å²) in [5.41, 5.74) is 5.42. The summed E-state index contributed by atoms with van der Waals surface area (Å²) in [6, 6.07) is -0.376. The summed E-state index contributed by atoms with van der Waals surface area (Å²) in [4.78, 5) is 39.7. The van der Waals surface area contributed by atoms with Gasteiger partial charge >= 0.3 is 23.5 Å². The number of hydrogen-bond donors (Lipinski definition) is 6. The zero-order valence-corrected chi connectivity index (χ0v) is 18.5. The van der Waals surface area contributed by atoms with Crippen LogP contribution in [0.4, 0.5) is 0 Å². The number of nitrogens with zero attached hydrogens (tertiary/aromatic N) is 3. The molecule has 7 N–H and O–H groups in total. The zero-order chi connectivity index (χ0) is 23.2. The summed E-state index contributed by atoms with van der Waals surface area (Å²) >= 11 is 0. The van der Waals surface area contributed by atoms with E-state index in [1.165, 1.54) is 6.34 Å². The Morgan fingerprint density at radius 2 is 1.94 bits per heavy atom. The van der Waals surface area contributed by atoms with Crippen molar-refractivity contribution < 1.29 is 56.3 Å². The lowest BCUT2D eigenvalue weighted by molar-refractivity contribution is -0.0921. The number of phosphoric ester groups is 1. The largest absolute Gasteiger partial charge is 0.490 e. The van der Waals surface area contributed by atoms with Crippen LogP contribution in [-0.4, -0.2) is 72.3 Å². The number of aliphatic imine (C=N–C) groups is 1. The number of hydrazone groups is 1. The fourth-order valence-electron chi connectivity index (χ4n) is 3.52. The third-order valence-electron chi connectivity index (χ3n) is 4.70. The normalized spacial score (nSPS) is 34.6. The van der Waals surface area contributed by atoms with Crippen LogP contribution in [0, 0.1) is 0 Å². The first kappa shape index (κ1) is 24.6. The van der Waals surface area contributed by atoms with E-state index in [1.54, 1.807) is 18.0 Å². The Kier molecular flexibility index (Phi) is 6.69. The number of aliphatic hydroxyl groups is 1. The maximum Gasteiger partial charge on any atom is 0.490 e. The number of rotatable bonds is 8. The number of aliphatic hydroxyl groups excluding tert-OH is 1. The molecule has 0 spiro atoms. The van der Waals surface area contributed by atoms with E-state index in [4.69, 9.17) is 25.2 Å². The molecule has 0 aromatic rings. The molecule has 19 heteroatoms. The fraction of sp³-hybridized carbons (Fsp3) is 0.667. The molecular formula is C12H21N4O12P3. The Morgan fingerprint density at radius 3 is 2.58 bits per heavy atom. The van der Waals surface area contributed by atoms with Crippen molar-refractivity contribution in [3.8, 4) is 0 Å². The Bertz CT molecular complexity index is 964. The highest BCUT2D eigenvalue weighted by molar-refractivity contribution is 7.66. The van der Waals surface area contributed by atoms with Crippen LogP contribution in [0.15, 0.2) is 21.9 Å². The molecule has 0 aliphatic carbocycles. The first-order chi connectivity index (χ1) is 14.1. The molecule has 6 unspecified atom stereocenters. The number of hydrogen-bond acceptors (Lipinski definition) is 12. The summed E-state index contributed by atoms with van der Waals surface area (Å²) in [6.07, 6.45) is 1.34. The van der Waals surface area contributed by atoms with Crippen LogP contribution in [0.5, 0.6) is 0 Å². The summed E-state index contributed by atoms with van der Waals surface area (Å²) < 4.78 is 51.6. The fourth-order valence-corrected chi connectivity index (χ4v) is 6.55. The predicted octanol–water partition coefficient (Wildman–Crippen LogP) is -0.489. The number of ether oxygens (including phenoxy) is 1. The van der Waals surface area contributed by atoms with Crippen LogP contribution < -0.4 is 5.73 Å². The monoisotopic (exact) mass is 506 g/mol. The molecule has 1 fully saturated rings. The minimum atomic E-state index is -5.63. The van der Waals surface area contributed by atoms with Gasteiger partial charge < -0.3 is 35.2 Å². The van der Waals surface area contributed by atoms with Gasteiger partial charge in [-0.1, -0.05) is 6.08 Å². The van der Waals surface area contributed by atoms with Crippen molar-refractivity contribution >= 4 is 35.6 Å². The Balaban J connectivity index is 1.61. The van der Waals surface area contributed by atoms with Gasteiger partial charge in [0.2, 0.25) is 0 Å². The van der Waals surface area contributed by atoms with Gasteiger partial charge in [0.05, 0.1) is 30.1 Å². The quantitative estimate of drug-likeness (QED) is 0.228. The molecule has 0 bridgehead atoms. The van der Waals surface area contributed by atoms with Crippen molar-refractivity contribution in [1.82, 2.24) is 5.01 Å². The third kappa shape index (κ3) is 5.88. The van der Waals surface area contributed by atoms with Crippen molar-refractivity contribution in [2.24, 2.45) is 15.8 Å². The van der Waals surface area contributed by atoms with Crippen LogP contribution in [0.2, 0.25) is 0 Å². The van der Waals surface area contributed by atoms with Crippen LogP contribution in [0.3, 0.4) is 0 Å². The van der Waals surface area contributed by atoms with E-state index in [2.05, 4.69) is 23.2 Å². The van der Waals surface area contributed by atoms with E-state index in [0.717, 1.165) is 0 Å². The molecule has 0 saturated carbocycles. The molecular weight excluding hydrogens is 485 g/mol. The first-order valence-corrected chi connectivity index (χ1v) is 13.1. The lowest BCUT2D eigenvalue weighted by Crippen LogP contribution is -2.48. The maximum absolute atomic E-state index is 11.9. The summed E-state index contributed by atoms with van der Waals surface area (Å²) in [7, 11) is -16.5. The highest BCUT2D eigenvalue weighted by Crippen LogP contribution is 2.66. The van der Waals surface area contributed by atoms with Gasteiger partial charge in [0, 0.05) is 6.42 Å². The second-order valence-corrected chi connectivity index (χ2v) is 11.5. The molecule has 6 atom stereocenters. The van der Waals surface area contributed by atoms with Gasteiger partial charge in [0.1, 0.15) is 12.4 Å². The predicted molar refractivity (Wildman–Crippen MR) is 102 cm³/mol. The van der Waals surface area contributed by atoms with Crippen LogP contribution in [0.1, 0.15) is 19.8 Å². The van der Waals surface area contributed by atoms with Crippen molar-refractivity contribution in [3.63, 3.8) is 0 Å². The average Bonchev–Trinajstić information content (AvgIpc) is 3.12. The van der Waals surface area contributed by atoms with Crippen LogP contribution >= 0.6 is 23.5 Å². The van der Waals surface area contributed by atoms with Crippen LogP contribution in [-0.2, 0) is 31.6 Å². The molecule has 16 nitrogen and oxygen atoms in total. The van der Waals surface area contributed by atoms with E-state index in [1.807, 2.05) is 0 Å². The summed E-state index contributed by atoms with van der Waals surface area (Å²) in [5, 5.41) is 16.1. The zero-order valence-electron chi connectivity index (χ0n) is 15.9. The van der Waals surface area contributed by atoms with Gasteiger partial charge in [-0.2, -0.15) is 13.7 Å². The summed E-state index contributed by atoms with van der Waals surface area (Å²) in [5.74, 6) is 0.267. The number of nitrogens with two attached hydrogens (primary N) is 1. The van der Waals surface area contributed by atoms with Gasteiger partial charge in [-0.05, 0) is 13.3 Å². The Hall–Kier alpha value is -0.990. The molecule has 3 heterocycles. The number of phosphoric acid groups is 3. The molecule has 1 saturated heterocycles. The van der Waals surface area contributed by atoms with Crippen molar-refractivity contribution in [1.29, 1.82) is 0 Å². The van der Waals surface area contributed by atoms with Gasteiger partial charge in [0.25, 0.3) is 0 Å². The third-order valence-corrected chi connectivity index (χ3v) is 8.50. The lowest BCUT2D eigenvalue weighted by Gasteiger charge is -2.37. The van der Waals surface area contributed by atoms with Gasteiger partial charge in [-0.25, -0.2) is 18.7 Å². The van der Waals surface area contributed by atoms with Crippen molar-refractivity contribution in [2.45, 2.75) is 43.6 Å². The molecule has 0 aromatic heterocycles. The highest BCUT2D eigenvalue weighted by Gasteiger charge is 2.52. The van der Waals surface area contributed by atoms with E-state index < -0.39 is 47.9 Å². The molecule has 0 aromatic carbocycles. The molecule has 3 aliphatic heterocycles. The maximum atomic E-state index is 11.9. The molecule has 176 valence electrons. The highest BCUT2D eigenvalue weighted by atomic mass is 31.3. The Morgan fingerprint density at radius 1 is 1.26 bits per heavy atom. The van der Waals surface area contributed by atoms with Gasteiger partial charge in [-0.3, -0.25) is 9.53 Å². The SMILES string of the molecule is CC1(C2CC=C3C(N)=NC=NN32)CC(O)C(COP(=O)(O)OP(=O)(O)OP(=O)(O)O)O1. The Labute approximate surface area is 175 Å². The number of fused-ring (bicyclic) bond motifs is 1. The van der Waals surface area contributed by atoms with Crippen molar-refractivity contribution in [2.75, 3.05) is 6.61 Å². The topological polar surface area (TPSA) is 243 Å². The molecule has 0 radical (unpaired) electrons.